The van der Waals surface area contributed by atoms with E-state index in [4.69, 9.17) is 9.98 Å². The molecule has 34 heavy (non-hydrogen) atoms. The van der Waals surface area contributed by atoms with Crippen LogP contribution in [0.3, 0.4) is 0 Å². The molecule has 2 rings (SSSR count). The van der Waals surface area contributed by atoms with Gasteiger partial charge in [0.15, 0.2) is 0 Å². The number of nitrogens with zero attached hydrogens (tertiary/aromatic N) is 2. The van der Waals surface area contributed by atoms with Crippen LogP contribution in [0.5, 0.6) is 0 Å². The van der Waals surface area contributed by atoms with Crippen molar-refractivity contribution in [1.82, 2.24) is 0 Å². The third kappa shape index (κ3) is 10.3. The first-order valence-corrected chi connectivity index (χ1v) is 13.5. The fourth-order valence-corrected chi connectivity index (χ4v) is 4.43. The van der Waals surface area contributed by atoms with Crippen molar-refractivity contribution in [3.63, 3.8) is 0 Å². The van der Waals surface area contributed by atoms with Crippen molar-refractivity contribution < 1.29 is 16.5 Å². The van der Waals surface area contributed by atoms with Crippen molar-refractivity contribution in [2.24, 2.45) is 9.98 Å². The first-order valence-electron chi connectivity index (χ1n) is 13.5. The van der Waals surface area contributed by atoms with E-state index in [0.717, 1.165) is 55.6 Å². The van der Waals surface area contributed by atoms with Crippen LogP contribution in [0.4, 0.5) is 11.4 Å². The molecule has 0 bridgehead atoms. The normalized spacial score (nSPS) is 11.7. The number of aliphatic imine (C=N–C) groups is 2. The van der Waals surface area contributed by atoms with Gasteiger partial charge in [-0.3, -0.25) is 9.98 Å². The fourth-order valence-electron chi connectivity index (χ4n) is 4.43. The maximum atomic E-state index is 5.06. The summed E-state index contributed by atoms with van der Waals surface area (Å²) in [6.45, 7) is 11.3. The summed E-state index contributed by atoms with van der Waals surface area (Å²) >= 11 is 0. The van der Waals surface area contributed by atoms with Crippen molar-refractivity contribution >= 4 is 23.3 Å². The van der Waals surface area contributed by atoms with Crippen molar-refractivity contribution in [2.75, 3.05) is 0 Å². The Morgan fingerprint density at radius 3 is 1.65 bits per heavy atom. The van der Waals surface area contributed by atoms with Crippen LogP contribution < -0.4 is 0 Å². The van der Waals surface area contributed by atoms with Crippen molar-refractivity contribution in [2.45, 2.75) is 112 Å². The molecule has 0 atom stereocenters. The number of aryl methyl sites for hydroxylation is 4. The van der Waals surface area contributed by atoms with E-state index in [9.17, 15) is 0 Å². The SMILES string of the molecule is CCCCCC(C=Nc1ccc(CCC)c(CCC)c1)=Nc1ccc(CCC)c(CCC)c1.[Ni]. The number of rotatable bonds is 15. The van der Waals surface area contributed by atoms with Gasteiger partial charge in [0.1, 0.15) is 0 Å². The summed E-state index contributed by atoms with van der Waals surface area (Å²) in [5.74, 6) is 0. The molecule has 0 N–H and O–H groups in total. The van der Waals surface area contributed by atoms with Crippen molar-refractivity contribution in [1.29, 1.82) is 0 Å². The standard InChI is InChI=1S/C31H46N2.Ni/c1-6-11-12-17-31(33-30-21-19-26(14-8-3)28(23-30)16-10-5)24-32-29-20-18-25(13-7-2)27(22-29)15-9-4;/h18-24H,6-17H2,1-5H3;. The predicted molar refractivity (Wildman–Crippen MR) is 148 cm³/mol. The molecule has 0 spiro atoms. The van der Waals surface area contributed by atoms with Gasteiger partial charge in [-0.1, -0.05) is 85.3 Å². The maximum Gasteiger partial charge on any atom is 0.0636 e. The van der Waals surface area contributed by atoms with Crippen LogP contribution in [-0.2, 0) is 42.2 Å². The van der Waals surface area contributed by atoms with Crippen LogP contribution in [0, 0.1) is 0 Å². The Bertz CT molecular complexity index is 898. The zero-order valence-corrected chi connectivity index (χ0v) is 23.2. The molecule has 0 aliphatic heterocycles. The molecule has 0 fully saturated rings. The topological polar surface area (TPSA) is 24.7 Å². The first-order chi connectivity index (χ1) is 16.1. The minimum Gasteiger partial charge on any atom is -0.255 e. The molecule has 0 aliphatic rings. The van der Waals surface area contributed by atoms with E-state index in [1.54, 1.807) is 0 Å². The van der Waals surface area contributed by atoms with Gasteiger partial charge in [0.05, 0.1) is 17.1 Å². The van der Waals surface area contributed by atoms with E-state index in [-0.39, 0.29) is 16.5 Å². The summed E-state index contributed by atoms with van der Waals surface area (Å²) in [5, 5.41) is 0. The number of hydrogen-bond donors (Lipinski definition) is 0. The summed E-state index contributed by atoms with van der Waals surface area (Å²) in [6.07, 6.45) is 15.9. The van der Waals surface area contributed by atoms with Gasteiger partial charge in [-0.05, 0) is 85.0 Å². The summed E-state index contributed by atoms with van der Waals surface area (Å²) in [6, 6.07) is 13.5. The molecule has 190 valence electrons. The van der Waals surface area contributed by atoms with E-state index < -0.39 is 0 Å². The average Bonchev–Trinajstić information content (AvgIpc) is 2.81. The zero-order valence-electron chi connectivity index (χ0n) is 22.2. The molecule has 0 saturated carbocycles. The summed E-state index contributed by atoms with van der Waals surface area (Å²) in [5.41, 5.74) is 9.08. The Balaban J connectivity index is 0.00000578. The van der Waals surface area contributed by atoms with Crippen LogP contribution in [0.15, 0.2) is 46.4 Å². The minimum absolute atomic E-state index is 0. The van der Waals surface area contributed by atoms with Crippen molar-refractivity contribution in [3.8, 4) is 0 Å². The third-order valence-electron chi connectivity index (χ3n) is 6.13. The van der Waals surface area contributed by atoms with E-state index in [1.165, 1.54) is 60.8 Å². The molecule has 0 aromatic heterocycles. The largest absolute Gasteiger partial charge is 0.255 e. The Hall–Kier alpha value is -1.73. The molecule has 0 saturated heterocycles. The molecule has 2 aromatic carbocycles. The Morgan fingerprint density at radius 1 is 0.618 bits per heavy atom. The van der Waals surface area contributed by atoms with E-state index >= 15 is 0 Å². The Labute approximate surface area is 219 Å². The zero-order chi connectivity index (χ0) is 23.9. The van der Waals surface area contributed by atoms with E-state index in [2.05, 4.69) is 71.0 Å². The van der Waals surface area contributed by atoms with Gasteiger partial charge in [0.2, 0.25) is 0 Å². The molecule has 0 unspecified atom stereocenters. The van der Waals surface area contributed by atoms with Gasteiger partial charge in [-0.15, -0.1) is 0 Å². The molecule has 2 nitrogen and oxygen atoms in total. The number of hydrogen-bond acceptors (Lipinski definition) is 2. The van der Waals surface area contributed by atoms with Gasteiger partial charge in [-0.2, -0.15) is 0 Å². The van der Waals surface area contributed by atoms with Gasteiger partial charge in [0, 0.05) is 22.7 Å². The first kappa shape index (κ1) is 30.3. The quantitative estimate of drug-likeness (QED) is 0.131. The molecule has 0 radical (unpaired) electrons. The van der Waals surface area contributed by atoms with Gasteiger partial charge in [0.25, 0.3) is 0 Å². The Kier molecular flexibility index (Phi) is 15.8. The third-order valence-corrected chi connectivity index (χ3v) is 6.13. The molecular formula is C31H46N2Ni. The summed E-state index contributed by atoms with van der Waals surface area (Å²) < 4.78 is 0. The van der Waals surface area contributed by atoms with Crippen LogP contribution in [0.2, 0.25) is 0 Å². The monoisotopic (exact) mass is 504 g/mol. The van der Waals surface area contributed by atoms with Gasteiger partial charge < -0.3 is 0 Å². The van der Waals surface area contributed by atoms with Crippen LogP contribution in [-0.4, -0.2) is 11.9 Å². The average molecular weight is 505 g/mol. The maximum absolute atomic E-state index is 5.06. The molecule has 0 heterocycles. The van der Waals surface area contributed by atoms with E-state index in [0.29, 0.717) is 0 Å². The molecule has 0 aliphatic carbocycles. The van der Waals surface area contributed by atoms with Gasteiger partial charge in [-0.25, -0.2) is 0 Å². The Morgan fingerprint density at radius 2 is 1.12 bits per heavy atom. The van der Waals surface area contributed by atoms with Crippen LogP contribution in [0.1, 0.15) is 108 Å². The second-order valence-corrected chi connectivity index (χ2v) is 9.22. The second-order valence-electron chi connectivity index (χ2n) is 9.22. The molecule has 2 aromatic rings. The molecular weight excluding hydrogens is 459 g/mol. The van der Waals surface area contributed by atoms with Crippen molar-refractivity contribution in [3.05, 3.63) is 58.7 Å². The molecule has 0 amide bonds. The van der Waals surface area contributed by atoms with Crippen LogP contribution in [0.25, 0.3) is 0 Å². The van der Waals surface area contributed by atoms with Gasteiger partial charge >= 0.3 is 0 Å². The number of benzene rings is 2. The molecule has 3 heteroatoms. The number of unbranched alkanes of at least 4 members (excludes halogenated alkanes) is 2. The van der Waals surface area contributed by atoms with E-state index in [1.807, 2.05) is 6.21 Å². The van der Waals surface area contributed by atoms with Crippen LogP contribution >= 0.6 is 0 Å². The minimum atomic E-state index is 0. The summed E-state index contributed by atoms with van der Waals surface area (Å²) in [4.78, 5) is 9.94. The summed E-state index contributed by atoms with van der Waals surface area (Å²) in [7, 11) is 0. The fraction of sp³-hybridized carbons (Fsp3) is 0.548. The second kappa shape index (κ2) is 17.7. The predicted octanol–water partition coefficient (Wildman–Crippen LogP) is 9.55. The smallest absolute Gasteiger partial charge is 0.0636 e.